The Kier molecular flexibility index (Phi) is 8.32. The van der Waals surface area contributed by atoms with Crippen molar-refractivity contribution in [3.63, 3.8) is 0 Å². The lowest BCUT2D eigenvalue weighted by Crippen LogP contribution is -2.50. The molecule has 1 aromatic carbocycles. The van der Waals surface area contributed by atoms with Crippen molar-refractivity contribution in [2.75, 3.05) is 33.7 Å². The number of rotatable bonds is 10. The van der Waals surface area contributed by atoms with Crippen LogP contribution in [-0.2, 0) is 9.31 Å². The molecule has 1 amide bonds. The molecular weight excluding hydrogens is 363 g/mol. The van der Waals surface area contributed by atoms with Gasteiger partial charge in [-0.2, -0.15) is 0 Å². The Hall–Kier alpha value is -1.37. The predicted octanol–water partition coefficient (Wildman–Crippen LogP) is 3.57. The molecule has 0 unspecified atom stereocenters. The van der Waals surface area contributed by atoms with Crippen LogP contribution < -0.4 is 5.46 Å². The SMILES string of the molecule is CCN(C)CCN(C)C(=O)c1cccc(B2OC(CC)(CC)C(CC)(CC)O2)c1. The Morgan fingerprint density at radius 3 is 1.97 bits per heavy atom. The van der Waals surface area contributed by atoms with E-state index in [-0.39, 0.29) is 17.1 Å². The van der Waals surface area contributed by atoms with Crippen molar-refractivity contribution in [2.24, 2.45) is 0 Å². The molecule has 1 fully saturated rings. The first kappa shape index (κ1) is 23.9. The van der Waals surface area contributed by atoms with Crippen molar-refractivity contribution in [3.8, 4) is 0 Å². The van der Waals surface area contributed by atoms with E-state index in [4.69, 9.17) is 9.31 Å². The van der Waals surface area contributed by atoms with Gasteiger partial charge in [0.05, 0.1) is 11.2 Å². The van der Waals surface area contributed by atoms with E-state index < -0.39 is 7.12 Å². The quantitative estimate of drug-likeness (QED) is 0.561. The number of nitrogens with zero attached hydrogens (tertiary/aromatic N) is 2. The summed E-state index contributed by atoms with van der Waals surface area (Å²) in [5, 5.41) is 0. The van der Waals surface area contributed by atoms with Crippen molar-refractivity contribution in [2.45, 2.75) is 71.5 Å². The highest BCUT2D eigenvalue weighted by Gasteiger charge is 2.58. The van der Waals surface area contributed by atoms with Gasteiger partial charge in [0, 0.05) is 25.7 Å². The number of hydrogen-bond acceptors (Lipinski definition) is 4. The van der Waals surface area contributed by atoms with E-state index in [0.29, 0.717) is 12.1 Å². The summed E-state index contributed by atoms with van der Waals surface area (Å²) >= 11 is 0. The normalized spacial score (nSPS) is 17.7. The van der Waals surface area contributed by atoms with Crippen LogP contribution in [0, 0.1) is 0 Å². The highest BCUT2D eigenvalue weighted by Crippen LogP contribution is 2.46. The summed E-state index contributed by atoms with van der Waals surface area (Å²) in [4.78, 5) is 16.9. The zero-order chi connectivity index (χ0) is 21.7. The first-order valence-electron chi connectivity index (χ1n) is 11.2. The molecular formula is C23H39BN2O3. The largest absolute Gasteiger partial charge is 0.494 e. The van der Waals surface area contributed by atoms with Gasteiger partial charge in [-0.1, -0.05) is 46.8 Å². The summed E-state index contributed by atoms with van der Waals surface area (Å²) < 4.78 is 13.1. The minimum atomic E-state index is -0.431. The summed E-state index contributed by atoms with van der Waals surface area (Å²) in [5.74, 6) is 0.0313. The first-order chi connectivity index (χ1) is 13.8. The summed E-state index contributed by atoms with van der Waals surface area (Å²) in [6, 6.07) is 7.74. The Labute approximate surface area is 177 Å². The molecule has 0 spiro atoms. The van der Waals surface area contributed by atoms with Gasteiger partial charge in [-0.25, -0.2) is 0 Å². The van der Waals surface area contributed by atoms with Gasteiger partial charge in [0.1, 0.15) is 0 Å². The molecule has 1 saturated heterocycles. The van der Waals surface area contributed by atoms with Crippen LogP contribution in [0.5, 0.6) is 0 Å². The fraction of sp³-hybridized carbons (Fsp3) is 0.696. The summed E-state index contributed by atoms with van der Waals surface area (Å²) in [6.07, 6.45) is 3.64. The van der Waals surface area contributed by atoms with Crippen LogP contribution in [0.1, 0.15) is 70.7 Å². The van der Waals surface area contributed by atoms with E-state index in [1.807, 2.05) is 31.3 Å². The van der Waals surface area contributed by atoms with E-state index in [0.717, 1.165) is 44.2 Å². The first-order valence-corrected chi connectivity index (χ1v) is 11.2. The van der Waals surface area contributed by atoms with Crippen LogP contribution in [0.3, 0.4) is 0 Å². The van der Waals surface area contributed by atoms with Crippen molar-refractivity contribution < 1.29 is 14.1 Å². The molecule has 0 radical (unpaired) electrons. The third-order valence-electron chi connectivity index (χ3n) is 6.89. The molecule has 0 bridgehead atoms. The van der Waals surface area contributed by atoms with Crippen LogP contribution in [0.25, 0.3) is 0 Å². The Morgan fingerprint density at radius 2 is 1.48 bits per heavy atom. The van der Waals surface area contributed by atoms with Gasteiger partial charge in [-0.3, -0.25) is 4.79 Å². The Balaban J connectivity index is 2.22. The maximum absolute atomic E-state index is 12.9. The molecule has 0 N–H and O–H groups in total. The summed E-state index contributed by atoms with van der Waals surface area (Å²) in [7, 11) is 3.49. The van der Waals surface area contributed by atoms with Gasteiger partial charge in [0.2, 0.25) is 0 Å². The molecule has 0 saturated carbocycles. The third-order valence-corrected chi connectivity index (χ3v) is 6.89. The van der Waals surface area contributed by atoms with Crippen LogP contribution in [0.2, 0.25) is 0 Å². The molecule has 1 aliphatic heterocycles. The molecule has 1 aliphatic rings. The maximum Gasteiger partial charge on any atom is 0.494 e. The van der Waals surface area contributed by atoms with Gasteiger partial charge in [0.15, 0.2) is 0 Å². The number of amides is 1. The molecule has 0 aromatic heterocycles. The minimum Gasteiger partial charge on any atom is -0.399 e. The van der Waals surface area contributed by atoms with Crippen LogP contribution in [0.15, 0.2) is 24.3 Å². The molecule has 162 valence electrons. The third kappa shape index (κ3) is 4.70. The molecule has 5 nitrogen and oxygen atoms in total. The minimum absolute atomic E-state index is 0.0313. The Morgan fingerprint density at radius 1 is 0.931 bits per heavy atom. The van der Waals surface area contributed by atoms with Crippen molar-refractivity contribution in [3.05, 3.63) is 29.8 Å². The van der Waals surface area contributed by atoms with E-state index in [1.165, 1.54) is 0 Å². The van der Waals surface area contributed by atoms with Gasteiger partial charge in [-0.05, 0) is 56.9 Å². The molecule has 2 rings (SSSR count). The molecule has 29 heavy (non-hydrogen) atoms. The highest BCUT2D eigenvalue weighted by molar-refractivity contribution is 6.62. The number of carbonyl (C=O) groups is 1. The maximum atomic E-state index is 12.9. The van der Waals surface area contributed by atoms with Gasteiger partial charge < -0.3 is 19.1 Å². The Bertz CT molecular complexity index is 654. The monoisotopic (exact) mass is 402 g/mol. The number of carbonyl (C=O) groups excluding carboxylic acids is 1. The molecule has 1 heterocycles. The second kappa shape index (κ2) is 10.1. The van der Waals surface area contributed by atoms with E-state index >= 15 is 0 Å². The average Bonchev–Trinajstić information content (AvgIpc) is 3.12. The zero-order valence-corrected chi connectivity index (χ0v) is 19.5. The fourth-order valence-corrected chi connectivity index (χ4v) is 4.53. The highest BCUT2D eigenvalue weighted by atomic mass is 16.7. The lowest BCUT2D eigenvalue weighted by Gasteiger charge is -2.42. The van der Waals surface area contributed by atoms with Crippen molar-refractivity contribution in [1.82, 2.24) is 9.80 Å². The number of benzene rings is 1. The van der Waals surface area contributed by atoms with Crippen molar-refractivity contribution >= 4 is 18.5 Å². The van der Waals surface area contributed by atoms with Crippen molar-refractivity contribution in [1.29, 1.82) is 0 Å². The van der Waals surface area contributed by atoms with Gasteiger partial charge in [-0.15, -0.1) is 0 Å². The van der Waals surface area contributed by atoms with Crippen LogP contribution in [0.4, 0.5) is 0 Å². The predicted molar refractivity (Wildman–Crippen MR) is 121 cm³/mol. The second-order valence-electron chi connectivity index (χ2n) is 8.22. The summed E-state index contributed by atoms with van der Waals surface area (Å²) in [6.45, 7) is 13.4. The molecule has 0 atom stereocenters. The second-order valence-corrected chi connectivity index (χ2v) is 8.22. The number of hydrogen-bond donors (Lipinski definition) is 0. The lowest BCUT2D eigenvalue weighted by atomic mass is 9.75. The fourth-order valence-electron chi connectivity index (χ4n) is 4.53. The van der Waals surface area contributed by atoms with Gasteiger partial charge in [0.25, 0.3) is 5.91 Å². The molecule has 1 aromatic rings. The standard InChI is InChI=1S/C23H39BN2O3/c1-8-22(9-2)23(10-3,11-4)29-24(28-22)20-15-13-14-19(18-20)21(27)26(7)17-16-25(6)12-5/h13-15,18H,8-12,16-17H2,1-7H3. The van der Waals surface area contributed by atoms with Crippen LogP contribution in [-0.4, -0.2) is 67.8 Å². The zero-order valence-electron chi connectivity index (χ0n) is 19.5. The number of likely N-dealkylation sites (N-methyl/N-ethyl adjacent to an activating group) is 2. The van der Waals surface area contributed by atoms with E-state index in [2.05, 4.69) is 46.6 Å². The summed E-state index contributed by atoms with van der Waals surface area (Å²) in [5.41, 5.74) is 1.02. The topological polar surface area (TPSA) is 42.0 Å². The smallest absolute Gasteiger partial charge is 0.399 e. The van der Waals surface area contributed by atoms with E-state index in [1.54, 1.807) is 4.90 Å². The lowest BCUT2D eigenvalue weighted by molar-refractivity contribution is -0.0601. The molecule has 6 heteroatoms. The van der Waals surface area contributed by atoms with Crippen LogP contribution >= 0.6 is 0 Å². The van der Waals surface area contributed by atoms with E-state index in [9.17, 15) is 4.79 Å². The molecule has 0 aliphatic carbocycles. The average molecular weight is 402 g/mol. The van der Waals surface area contributed by atoms with Gasteiger partial charge >= 0.3 is 7.12 Å².